The van der Waals surface area contributed by atoms with Crippen molar-refractivity contribution in [3.8, 4) is 11.4 Å². The van der Waals surface area contributed by atoms with Crippen molar-refractivity contribution < 1.29 is 39.3 Å². The van der Waals surface area contributed by atoms with Crippen molar-refractivity contribution in [3.05, 3.63) is 166 Å². The maximum atomic E-state index is 11.0. The van der Waals surface area contributed by atoms with E-state index < -0.39 is 11.9 Å². The molecular formula is C49H48N8O4RuS3. The number of thiocarbonyl (C=S) groups is 2. The molecule has 0 saturated carbocycles. The minimum atomic E-state index is -1.07. The summed E-state index contributed by atoms with van der Waals surface area (Å²) in [7, 11) is 0. The van der Waals surface area contributed by atoms with E-state index in [1.54, 1.807) is 18.7 Å². The number of carboxylic acid groups (broad SMARTS) is 2. The minimum absolute atomic E-state index is 0. The van der Waals surface area contributed by atoms with Gasteiger partial charge in [0.2, 0.25) is 0 Å². The van der Waals surface area contributed by atoms with Gasteiger partial charge in [0.15, 0.2) is 0 Å². The van der Waals surface area contributed by atoms with Gasteiger partial charge in [0.25, 0.3) is 0 Å². The van der Waals surface area contributed by atoms with Crippen molar-refractivity contribution in [1.29, 1.82) is 0 Å². The van der Waals surface area contributed by atoms with E-state index in [1.807, 2.05) is 24.5 Å². The molecule has 0 aliphatic carbocycles. The van der Waals surface area contributed by atoms with Crippen LogP contribution in [0.1, 0.15) is 76.2 Å². The standard InChI is InChI=1S/C34H38N4S.C13H10N2O4.2CNS.Ru/c1-5-37(6-2)31-17-13-27(14-18-31)9-11-29-21-23-35-33(25-29)39-34-26-30(22-24-36-34)12-10-28-15-19-32(20-16-28)38(7-3)8-4;1-7-6-15-11(5-9(7)13(18)19)10-4-8(12(16)17)2-3-14-10;2*2-1-3;/h9-26H,5-8H2,1-4H3;2-6H,1H3,(H,16,17)(H,18,19);;;/q;;2*-1;+2/b11-9+,12-10+;;;;. The molecule has 4 heterocycles. The summed E-state index contributed by atoms with van der Waals surface area (Å²) in [5.41, 5.74) is 8.49. The summed E-state index contributed by atoms with van der Waals surface area (Å²) in [6.45, 7) is 14.5. The zero-order valence-corrected chi connectivity index (χ0v) is 40.7. The number of aromatic carboxylic acids is 2. The molecule has 334 valence electrons. The van der Waals surface area contributed by atoms with Gasteiger partial charge in [0.05, 0.1) is 22.5 Å². The Morgan fingerprint density at radius 3 is 1.40 bits per heavy atom. The smallest absolute Gasteiger partial charge is 0.753 e. The van der Waals surface area contributed by atoms with E-state index in [0.717, 1.165) is 47.4 Å². The molecule has 0 aliphatic rings. The van der Waals surface area contributed by atoms with Crippen LogP contribution in [0.15, 0.2) is 126 Å². The van der Waals surface area contributed by atoms with Crippen LogP contribution < -0.4 is 9.80 Å². The van der Waals surface area contributed by atoms with Crippen LogP contribution in [0, 0.1) is 6.92 Å². The summed E-state index contributed by atoms with van der Waals surface area (Å²) in [6.07, 6.45) is 15.1. The number of rotatable bonds is 15. The predicted octanol–water partition coefficient (Wildman–Crippen LogP) is 11.8. The molecule has 0 spiro atoms. The van der Waals surface area contributed by atoms with E-state index in [2.05, 4.69) is 167 Å². The summed E-state index contributed by atoms with van der Waals surface area (Å²) in [5, 5.41) is 36.7. The minimum Gasteiger partial charge on any atom is -0.753 e. The average Bonchev–Trinajstić information content (AvgIpc) is 3.30. The van der Waals surface area contributed by atoms with E-state index in [1.165, 1.54) is 63.4 Å². The number of aryl methyl sites for hydroxylation is 1. The van der Waals surface area contributed by atoms with Crippen molar-refractivity contribution in [1.82, 2.24) is 19.9 Å². The molecule has 4 aromatic heterocycles. The van der Waals surface area contributed by atoms with Gasteiger partial charge >= 0.3 is 31.4 Å². The van der Waals surface area contributed by atoms with Crippen LogP contribution in [0.25, 0.3) is 46.5 Å². The van der Waals surface area contributed by atoms with Crippen LogP contribution >= 0.6 is 36.2 Å². The summed E-state index contributed by atoms with van der Waals surface area (Å²) in [6, 6.07) is 29.8. The normalized spacial score (nSPS) is 10.0. The number of benzene rings is 2. The third-order valence-corrected chi connectivity index (χ3v) is 10.2. The molecular weight excluding hydrogens is 962 g/mol. The SMILES string of the molecule is CCN(CC)c1ccc(/C=C/c2ccnc(Sc3cc(/C=C/c4ccc(N(CC)CC)cc4)ccn3)c2)cc1.Cc1cnc(-c2cc(C(=O)O)ccn2)cc1C(=O)O.[N-]=C=S.[N-]=C=S.[Ru+2]. The Balaban J connectivity index is 0.000000465. The second-order valence-electron chi connectivity index (χ2n) is 13.3. The number of anilines is 2. The van der Waals surface area contributed by atoms with Crippen LogP contribution in [-0.4, -0.2) is 78.6 Å². The monoisotopic (exact) mass is 1010 g/mol. The van der Waals surface area contributed by atoms with E-state index >= 15 is 0 Å². The molecule has 0 atom stereocenters. The summed E-state index contributed by atoms with van der Waals surface area (Å²) in [4.78, 5) is 43.8. The van der Waals surface area contributed by atoms with Crippen molar-refractivity contribution in [3.63, 3.8) is 0 Å². The molecule has 2 N–H and O–H groups in total. The molecule has 2 aromatic carbocycles. The number of aromatic nitrogens is 4. The Morgan fingerprint density at radius 1 is 0.600 bits per heavy atom. The Hall–Kier alpha value is -6.37. The van der Waals surface area contributed by atoms with Crippen molar-refractivity contribution in [2.24, 2.45) is 0 Å². The Labute approximate surface area is 408 Å². The average molecular weight is 1010 g/mol. The first-order valence-corrected chi connectivity index (χ1v) is 21.6. The topological polar surface area (TPSA) is 177 Å². The predicted molar refractivity (Wildman–Crippen MR) is 268 cm³/mol. The van der Waals surface area contributed by atoms with Crippen molar-refractivity contribution in [2.45, 2.75) is 44.7 Å². The first kappa shape index (κ1) is 54.8. The third-order valence-electron chi connectivity index (χ3n) is 9.31. The molecule has 6 aromatic rings. The van der Waals surface area contributed by atoms with E-state index in [4.69, 9.17) is 21.0 Å². The Bertz CT molecular complexity index is 2450. The Morgan fingerprint density at radius 2 is 1.00 bits per heavy atom. The zero-order chi connectivity index (χ0) is 46.9. The molecule has 0 fully saturated rings. The number of nitrogens with zero attached hydrogens (tertiary/aromatic N) is 8. The largest absolute Gasteiger partial charge is 2.00 e. The number of carboxylic acids is 2. The molecule has 0 aliphatic heterocycles. The van der Waals surface area contributed by atoms with Gasteiger partial charge in [-0.05, 0) is 129 Å². The van der Waals surface area contributed by atoms with E-state index in [9.17, 15) is 9.59 Å². The van der Waals surface area contributed by atoms with Crippen LogP contribution in [0.5, 0.6) is 0 Å². The van der Waals surface area contributed by atoms with Crippen LogP contribution in [0.4, 0.5) is 11.4 Å². The number of carbonyl (C=O) groups is 2. The molecule has 0 saturated heterocycles. The van der Waals surface area contributed by atoms with Crippen molar-refractivity contribution in [2.75, 3.05) is 36.0 Å². The quantitative estimate of drug-likeness (QED) is 0.0565. The maximum absolute atomic E-state index is 11.0. The first-order valence-electron chi connectivity index (χ1n) is 20.0. The summed E-state index contributed by atoms with van der Waals surface area (Å²) >= 11 is 8.98. The van der Waals surface area contributed by atoms with Gasteiger partial charge in [-0.25, -0.2) is 19.6 Å². The number of isothiocyanates is 2. The summed E-state index contributed by atoms with van der Waals surface area (Å²) in [5.74, 6) is -2.13. The molecule has 16 heteroatoms. The fourth-order valence-electron chi connectivity index (χ4n) is 6.03. The fraction of sp³-hybridized carbons (Fsp3) is 0.184. The van der Waals surface area contributed by atoms with Crippen LogP contribution in [0.3, 0.4) is 0 Å². The molecule has 6 rings (SSSR count). The first-order chi connectivity index (χ1) is 30.9. The van der Waals surface area contributed by atoms with E-state index in [0.29, 0.717) is 17.0 Å². The van der Waals surface area contributed by atoms with Crippen molar-refractivity contribution >= 4 is 94.1 Å². The second kappa shape index (κ2) is 29.9. The Kier molecular flexibility index (Phi) is 25.2. The molecule has 12 nitrogen and oxygen atoms in total. The third kappa shape index (κ3) is 18.3. The van der Waals surface area contributed by atoms with E-state index in [-0.39, 0.29) is 30.6 Å². The zero-order valence-electron chi connectivity index (χ0n) is 36.5. The van der Waals surface area contributed by atoms with Gasteiger partial charge < -0.3 is 30.8 Å². The molecule has 65 heavy (non-hydrogen) atoms. The van der Waals surface area contributed by atoms with Crippen LogP contribution in [0.2, 0.25) is 0 Å². The van der Waals surface area contributed by atoms with Gasteiger partial charge in [0, 0.05) is 62.3 Å². The van der Waals surface area contributed by atoms with Gasteiger partial charge in [-0.15, -0.1) is 0 Å². The van der Waals surface area contributed by atoms with Crippen LogP contribution in [-0.2, 0) is 19.5 Å². The van der Waals surface area contributed by atoms with Gasteiger partial charge in [0.1, 0.15) is 10.1 Å². The maximum Gasteiger partial charge on any atom is 2.00 e. The van der Waals surface area contributed by atoms with Gasteiger partial charge in [-0.2, -0.15) is 10.3 Å². The van der Waals surface area contributed by atoms with Gasteiger partial charge in [-0.3, -0.25) is 9.97 Å². The molecule has 0 radical (unpaired) electrons. The number of pyridine rings is 4. The number of hydrogen-bond donors (Lipinski definition) is 2. The summed E-state index contributed by atoms with van der Waals surface area (Å²) < 4.78 is 0. The molecule has 0 unspecified atom stereocenters. The number of hydrogen-bond acceptors (Lipinski definition) is 11. The molecule has 0 bridgehead atoms. The fourth-order valence-corrected chi connectivity index (χ4v) is 6.86. The second-order valence-corrected chi connectivity index (χ2v) is 14.7. The molecule has 0 amide bonds. The van der Waals surface area contributed by atoms with Gasteiger partial charge in [-0.1, -0.05) is 84.8 Å².